The molecule has 2 aromatic rings. The summed E-state index contributed by atoms with van der Waals surface area (Å²) in [5.41, 5.74) is 2.31. The monoisotopic (exact) mass is 328 g/mol. The number of carbonyl (C=O) groups excluding carboxylic acids is 2. The first-order valence-corrected chi connectivity index (χ1v) is 7.87. The van der Waals surface area contributed by atoms with Crippen LogP contribution in [0.2, 0.25) is 5.02 Å². The van der Waals surface area contributed by atoms with Crippen molar-refractivity contribution in [1.82, 2.24) is 0 Å². The Morgan fingerprint density at radius 2 is 1.91 bits per heavy atom. The van der Waals surface area contributed by atoms with Crippen LogP contribution in [0.15, 0.2) is 48.5 Å². The minimum Gasteiger partial charge on any atom is -0.324 e. The highest BCUT2D eigenvalue weighted by Gasteiger charge is 2.28. The average Bonchev–Trinajstić information content (AvgIpc) is 2.67. The molecule has 1 aliphatic rings. The minimum atomic E-state index is -0.267. The van der Waals surface area contributed by atoms with Gasteiger partial charge in [-0.1, -0.05) is 42.8 Å². The number of nitrogens with zero attached hydrogens (tertiary/aromatic N) is 1. The van der Waals surface area contributed by atoms with E-state index in [9.17, 15) is 9.59 Å². The summed E-state index contributed by atoms with van der Waals surface area (Å²) in [6.07, 6.45) is 0.270. The number of rotatable bonds is 2. The molecule has 4 nitrogen and oxygen atoms in total. The molecule has 0 radical (unpaired) electrons. The lowest BCUT2D eigenvalue weighted by atomic mass is 10.1. The number of fused-ring (bicyclic) bond motifs is 1. The van der Waals surface area contributed by atoms with Crippen LogP contribution in [0, 0.1) is 5.92 Å². The van der Waals surface area contributed by atoms with E-state index in [1.54, 1.807) is 17.0 Å². The second-order valence-corrected chi connectivity index (χ2v) is 6.15. The van der Waals surface area contributed by atoms with Gasteiger partial charge in [-0.2, -0.15) is 0 Å². The smallest absolute Gasteiger partial charge is 0.231 e. The van der Waals surface area contributed by atoms with Crippen LogP contribution < -0.4 is 10.2 Å². The fourth-order valence-corrected chi connectivity index (χ4v) is 2.76. The molecule has 5 heteroatoms. The van der Waals surface area contributed by atoms with Crippen molar-refractivity contribution < 1.29 is 9.59 Å². The molecule has 0 bridgehead atoms. The number of para-hydroxylation sites is 2. The largest absolute Gasteiger partial charge is 0.324 e. The molecule has 3 rings (SSSR count). The topological polar surface area (TPSA) is 49.4 Å². The Kier molecular flexibility index (Phi) is 4.35. The van der Waals surface area contributed by atoms with Gasteiger partial charge in [-0.15, -0.1) is 0 Å². The van der Waals surface area contributed by atoms with Crippen LogP contribution in [0.4, 0.5) is 11.4 Å². The number of halogens is 1. The summed E-state index contributed by atoms with van der Waals surface area (Å²) in [7, 11) is 0. The Bertz CT molecular complexity index is 743. The molecule has 2 aromatic carbocycles. The molecule has 0 spiro atoms. The van der Waals surface area contributed by atoms with E-state index in [4.69, 9.17) is 11.6 Å². The number of hydrogen-bond donors (Lipinski definition) is 1. The number of carbonyl (C=O) groups is 2. The second kappa shape index (κ2) is 6.42. The van der Waals surface area contributed by atoms with Gasteiger partial charge in [-0.05, 0) is 29.8 Å². The standard InChI is InChI=1S/C18H17ClN2O2/c1-12-11-21(16-5-3-2-4-15(16)20-18(12)23)17(22)10-13-6-8-14(19)9-7-13/h2-9,12H,10-11H2,1H3,(H,20,23)/t12-/m1/s1. The van der Waals surface area contributed by atoms with E-state index >= 15 is 0 Å². The number of anilines is 2. The third kappa shape index (κ3) is 3.37. The van der Waals surface area contributed by atoms with Gasteiger partial charge in [0.25, 0.3) is 0 Å². The Morgan fingerprint density at radius 3 is 2.65 bits per heavy atom. The number of nitrogens with one attached hydrogen (secondary N) is 1. The summed E-state index contributed by atoms with van der Waals surface area (Å²) in [6, 6.07) is 14.6. The molecule has 2 amide bonds. The maximum absolute atomic E-state index is 12.8. The van der Waals surface area contributed by atoms with Crippen LogP contribution in [0.3, 0.4) is 0 Å². The van der Waals surface area contributed by atoms with Crippen LogP contribution in [0.5, 0.6) is 0 Å². The van der Waals surface area contributed by atoms with Gasteiger partial charge >= 0.3 is 0 Å². The highest BCUT2D eigenvalue weighted by Crippen LogP contribution is 2.30. The molecular formula is C18H17ClN2O2. The van der Waals surface area contributed by atoms with Crippen molar-refractivity contribution in [1.29, 1.82) is 0 Å². The zero-order valence-corrected chi connectivity index (χ0v) is 13.5. The number of benzene rings is 2. The summed E-state index contributed by atoms with van der Waals surface area (Å²) in [5, 5.41) is 3.52. The van der Waals surface area contributed by atoms with Gasteiger partial charge in [-0.25, -0.2) is 0 Å². The average molecular weight is 329 g/mol. The van der Waals surface area contributed by atoms with Gasteiger partial charge in [-0.3, -0.25) is 9.59 Å². The van der Waals surface area contributed by atoms with Crippen LogP contribution in [-0.4, -0.2) is 18.4 Å². The molecule has 0 unspecified atom stereocenters. The third-order valence-electron chi connectivity index (χ3n) is 3.93. The highest BCUT2D eigenvalue weighted by atomic mass is 35.5. The van der Waals surface area contributed by atoms with Gasteiger partial charge in [0, 0.05) is 11.6 Å². The van der Waals surface area contributed by atoms with E-state index in [0.717, 1.165) is 11.3 Å². The molecule has 0 aliphatic carbocycles. The van der Waals surface area contributed by atoms with Gasteiger partial charge in [0.2, 0.25) is 11.8 Å². The van der Waals surface area contributed by atoms with Crippen molar-refractivity contribution in [3.8, 4) is 0 Å². The SMILES string of the molecule is C[C@@H]1CN(C(=O)Cc2ccc(Cl)cc2)c2ccccc2NC1=O. The normalized spacial score (nSPS) is 17.2. The summed E-state index contributed by atoms with van der Waals surface area (Å²) in [6.45, 7) is 2.19. The maximum atomic E-state index is 12.8. The summed E-state index contributed by atoms with van der Waals surface area (Å²) >= 11 is 5.88. The molecule has 1 heterocycles. The van der Waals surface area contributed by atoms with Crippen molar-refractivity contribution in [2.45, 2.75) is 13.3 Å². The predicted octanol–water partition coefficient (Wildman–Crippen LogP) is 3.50. The molecule has 0 aromatic heterocycles. The molecule has 0 saturated heterocycles. The lowest BCUT2D eigenvalue weighted by molar-refractivity contribution is -0.119. The molecule has 23 heavy (non-hydrogen) atoms. The number of amides is 2. The van der Waals surface area contributed by atoms with Crippen molar-refractivity contribution >= 4 is 34.8 Å². The fraction of sp³-hybridized carbons (Fsp3) is 0.222. The Hall–Kier alpha value is -2.33. The highest BCUT2D eigenvalue weighted by molar-refractivity contribution is 6.30. The zero-order chi connectivity index (χ0) is 16.4. The van der Waals surface area contributed by atoms with Gasteiger partial charge in [0.15, 0.2) is 0 Å². The summed E-state index contributed by atoms with van der Waals surface area (Å²) in [4.78, 5) is 26.5. The van der Waals surface area contributed by atoms with Crippen LogP contribution in [0.25, 0.3) is 0 Å². The van der Waals surface area contributed by atoms with Crippen molar-refractivity contribution in [2.75, 3.05) is 16.8 Å². The number of hydrogen-bond acceptors (Lipinski definition) is 2. The minimum absolute atomic E-state index is 0.0388. The van der Waals surface area contributed by atoms with Gasteiger partial charge in [0.05, 0.1) is 23.7 Å². The van der Waals surface area contributed by atoms with Crippen LogP contribution >= 0.6 is 11.6 Å². The molecular weight excluding hydrogens is 312 g/mol. The maximum Gasteiger partial charge on any atom is 0.231 e. The third-order valence-corrected chi connectivity index (χ3v) is 4.18. The second-order valence-electron chi connectivity index (χ2n) is 5.72. The van der Waals surface area contributed by atoms with Gasteiger partial charge in [0.1, 0.15) is 0 Å². The first-order chi connectivity index (χ1) is 11.0. The van der Waals surface area contributed by atoms with E-state index in [2.05, 4.69) is 5.32 Å². The molecule has 0 fully saturated rings. The first kappa shape index (κ1) is 15.6. The predicted molar refractivity (Wildman–Crippen MR) is 91.7 cm³/mol. The molecule has 118 valence electrons. The van der Waals surface area contributed by atoms with E-state index in [0.29, 0.717) is 17.3 Å². The summed E-state index contributed by atoms with van der Waals surface area (Å²) in [5.74, 6) is -0.376. The van der Waals surface area contributed by atoms with E-state index in [1.165, 1.54) is 0 Å². The first-order valence-electron chi connectivity index (χ1n) is 7.49. The van der Waals surface area contributed by atoms with Crippen molar-refractivity contribution in [3.63, 3.8) is 0 Å². The quantitative estimate of drug-likeness (QED) is 0.917. The Morgan fingerprint density at radius 1 is 1.22 bits per heavy atom. The van der Waals surface area contributed by atoms with Gasteiger partial charge < -0.3 is 10.2 Å². The fourth-order valence-electron chi connectivity index (χ4n) is 2.63. The molecule has 1 N–H and O–H groups in total. The van der Waals surface area contributed by atoms with Crippen molar-refractivity contribution in [3.05, 3.63) is 59.1 Å². The van der Waals surface area contributed by atoms with Crippen molar-refractivity contribution in [2.24, 2.45) is 5.92 Å². The lowest BCUT2D eigenvalue weighted by Gasteiger charge is -2.23. The van der Waals surface area contributed by atoms with E-state index < -0.39 is 0 Å². The summed E-state index contributed by atoms with van der Waals surface area (Å²) < 4.78 is 0. The van der Waals surface area contributed by atoms with Crippen LogP contribution in [-0.2, 0) is 16.0 Å². The molecule has 0 saturated carbocycles. The Balaban J connectivity index is 1.89. The lowest BCUT2D eigenvalue weighted by Crippen LogP contribution is -2.36. The molecule has 1 atom stereocenters. The van der Waals surface area contributed by atoms with E-state index in [-0.39, 0.29) is 24.2 Å². The van der Waals surface area contributed by atoms with Crippen LogP contribution in [0.1, 0.15) is 12.5 Å². The zero-order valence-electron chi connectivity index (χ0n) is 12.8. The Labute approximate surface area is 140 Å². The van der Waals surface area contributed by atoms with E-state index in [1.807, 2.05) is 43.3 Å². The molecule has 1 aliphatic heterocycles.